The summed E-state index contributed by atoms with van der Waals surface area (Å²) in [7, 11) is 0. The van der Waals surface area contributed by atoms with Gasteiger partial charge in [0.1, 0.15) is 5.82 Å². The molecule has 0 spiro atoms. The third-order valence-electron chi connectivity index (χ3n) is 10.1. The lowest BCUT2D eigenvalue weighted by molar-refractivity contribution is -0.135. The molecular formula is C35H46FN5O3. The van der Waals surface area contributed by atoms with Gasteiger partial charge in [0.05, 0.1) is 29.1 Å². The Morgan fingerprint density at radius 3 is 2.52 bits per heavy atom. The van der Waals surface area contributed by atoms with Crippen molar-refractivity contribution in [2.75, 3.05) is 39.3 Å². The number of β-amino-alcohol motifs (C(OH)–C–C–N with tert-alkyl or cyclic N) is 1. The van der Waals surface area contributed by atoms with Crippen LogP contribution in [-0.4, -0.2) is 92.6 Å². The molecule has 5 heterocycles. The Kier molecular flexibility index (Phi) is 8.79. The second-order valence-electron chi connectivity index (χ2n) is 13.8. The van der Waals surface area contributed by atoms with E-state index in [1.165, 1.54) is 17.7 Å². The molecule has 1 aromatic carbocycles. The van der Waals surface area contributed by atoms with E-state index in [0.717, 1.165) is 74.9 Å². The topological polar surface area (TPSA) is 81.9 Å². The number of rotatable bonds is 7. The lowest BCUT2D eigenvalue weighted by atomic mass is 9.95. The first-order valence-corrected chi connectivity index (χ1v) is 16.3. The Morgan fingerprint density at radius 1 is 1.07 bits per heavy atom. The normalized spacial score (nSPS) is 23.4. The summed E-state index contributed by atoms with van der Waals surface area (Å²) in [5.41, 5.74) is 4.14. The number of hydrogen-bond donors (Lipinski definition) is 1. The van der Waals surface area contributed by atoms with Gasteiger partial charge in [-0.1, -0.05) is 13.8 Å². The Balaban J connectivity index is 1.20. The average molecular weight is 604 g/mol. The number of likely N-dealkylation sites (tertiary alicyclic amines) is 3. The molecule has 236 valence electrons. The van der Waals surface area contributed by atoms with Crippen molar-refractivity contribution >= 4 is 22.7 Å². The molecule has 0 saturated carbocycles. The van der Waals surface area contributed by atoms with Gasteiger partial charge in [-0.15, -0.1) is 0 Å². The predicted molar refractivity (Wildman–Crippen MR) is 169 cm³/mol. The fourth-order valence-corrected chi connectivity index (χ4v) is 7.75. The summed E-state index contributed by atoms with van der Waals surface area (Å²) >= 11 is 0. The molecule has 3 atom stereocenters. The van der Waals surface area contributed by atoms with E-state index in [1.807, 2.05) is 42.6 Å². The first kappa shape index (κ1) is 30.7. The lowest BCUT2D eigenvalue weighted by Crippen LogP contribution is -2.42. The van der Waals surface area contributed by atoms with Crippen LogP contribution in [0.15, 0.2) is 36.8 Å². The van der Waals surface area contributed by atoms with E-state index in [0.29, 0.717) is 29.5 Å². The molecule has 9 heteroatoms. The van der Waals surface area contributed by atoms with Crippen LogP contribution in [0, 0.1) is 30.5 Å². The average Bonchev–Trinajstić information content (AvgIpc) is 3.69. The van der Waals surface area contributed by atoms with E-state index in [2.05, 4.69) is 23.0 Å². The molecule has 0 bridgehead atoms. The van der Waals surface area contributed by atoms with Crippen LogP contribution in [-0.2, 0) is 11.2 Å². The highest BCUT2D eigenvalue weighted by molar-refractivity contribution is 5.99. The minimum Gasteiger partial charge on any atom is -0.391 e. The van der Waals surface area contributed by atoms with E-state index in [9.17, 15) is 19.1 Å². The number of aliphatic hydroxyl groups is 1. The van der Waals surface area contributed by atoms with Crippen molar-refractivity contribution in [3.63, 3.8) is 0 Å². The molecule has 3 aromatic rings. The third kappa shape index (κ3) is 6.13. The molecule has 2 amide bonds. The monoisotopic (exact) mass is 603 g/mol. The summed E-state index contributed by atoms with van der Waals surface area (Å²) in [6, 6.07) is 4.29. The molecule has 0 aliphatic carbocycles. The maximum Gasteiger partial charge on any atom is 0.256 e. The smallest absolute Gasteiger partial charge is 0.256 e. The molecule has 3 aliphatic heterocycles. The highest BCUT2D eigenvalue weighted by Crippen LogP contribution is 2.34. The number of hydrogen-bond acceptors (Lipinski definition) is 5. The van der Waals surface area contributed by atoms with Crippen LogP contribution in [0.25, 0.3) is 16.6 Å². The van der Waals surface area contributed by atoms with Crippen molar-refractivity contribution in [3.05, 3.63) is 59.3 Å². The van der Waals surface area contributed by atoms with Gasteiger partial charge in [-0.3, -0.25) is 14.6 Å². The first-order chi connectivity index (χ1) is 21.1. The van der Waals surface area contributed by atoms with Crippen molar-refractivity contribution in [1.29, 1.82) is 0 Å². The molecule has 3 saturated heterocycles. The van der Waals surface area contributed by atoms with Crippen LogP contribution in [0.1, 0.15) is 67.9 Å². The summed E-state index contributed by atoms with van der Waals surface area (Å²) in [6.45, 7) is 13.2. The number of aromatic nitrogens is 2. The first-order valence-electron chi connectivity index (χ1n) is 16.3. The highest BCUT2D eigenvalue weighted by Gasteiger charge is 2.34. The summed E-state index contributed by atoms with van der Waals surface area (Å²) in [5.74, 6) is 0.765. The zero-order chi connectivity index (χ0) is 31.1. The van der Waals surface area contributed by atoms with E-state index in [1.54, 1.807) is 11.0 Å². The molecule has 3 fully saturated rings. The summed E-state index contributed by atoms with van der Waals surface area (Å²) in [4.78, 5) is 36.9. The van der Waals surface area contributed by atoms with Crippen molar-refractivity contribution in [3.8, 4) is 5.69 Å². The zero-order valence-corrected chi connectivity index (χ0v) is 26.5. The highest BCUT2D eigenvalue weighted by atomic mass is 19.1. The molecule has 8 nitrogen and oxygen atoms in total. The second-order valence-corrected chi connectivity index (χ2v) is 13.8. The minimum atomic E-state index is -0.565. The van der Waals surface area contributed by atoms with Gasteiger partial charge in [-0.05, 0) is 93.7 Å². The molecule has 1 N–H and O–H groups in total. The van der Waals surface area contributed by atoms with Gasteiger partial charge in [-0.25, -0.2) is 4.39 Å². The lowest BCUT2D eigenvalue weighted by Gasteiger charge is -2.34. The van der Waals surface area contributed by atoms with E-state index in [4.69, 9.17) is 0 Å². The van der Waals surface area contributed by atoms with Gasteiger partial charge in [0.15, 0.2) is 0 Å². The van der Waals surface area contributed by atoms with Crippen molar-refractivity contribution in [2.45, 2.75) is 71.9 Å². The third-order valence-corrected chi connectivity index (χ3v) is 10.1. The SMILES string of the molecule is Cc1cncc2c1c(C[C@@H]1CCN(CC3CCN(C(=O)C(C)C)CC3)C1)cn2-c1ccc(F)cc1C(=O)N1CC(O)CC1C. The standard InChI is InChI=1S/C35H46FN5O3/c1-22(2)34(43)39-11-8-25(9-12-39)18-38-10-7-26(19-38)14-27-20-41(32-17-37-16-23(3)33(27)32)31-6-5-28(36)15-30(31)35(44)40-21-29(42)13-24(40)4/h5-6,15-17,20,22,24-26,29,42H,7-14,18-19,21H2,1-4H3/t24?,26-,29?/m0/s1. The minimum absolute atomic E-state index is 0.0641. The number of nitrogens with zero attached hydrogens (tertiary/aromatic N) is 5. The fourth-order valence-electron chi connectivity index (χ4n) is 7.75. The maximum absolute atomic E-state index is 14.6. The number of amides is 2. The van der Waals surface area contributed by atoms with Gasteiger partial charge in [0.25, 0.3) is 5.91 Å². The number of piperidine rings is 1. The van der Waals surface area contributed by atoms with Crippen molar-refractivity contribution in [2.24, 2.45) is 17.8 Å². The second kappa shape index (κ2) is 12.6. The number of pyridine rings is 1. The zero-order valence-electron chi connectivity index (χ0n) is 26.5. The molecular weight excluding hydrogens is 557 g/mol. The number of fused-ring (bicyclic) bond motifs is 1. The van der Waals surface area contributed by atoms with E-state index >= 15 is 0 Å². The van der Waals surface area contributed by atoms with E-state index in [-0.39, 0.29) is 30.3 Å². The van der Waals surface area contributed by atoms with Crippen LogP contribution < -0.4 is 0 Å². The van der Waals surface area contributed by atoms with Crippen LogP contribution in [0.3, 0.4) is 0 Å². The molecule has 2 unspecified atom stereocenters. The Bertz CT molecular complexity index is 1530. The number of carbonyl (C=O) groups is 2. The number of aliphatic hydroxyl groups excluding tert-OH is 1. The van der Waals surface area contributed by atoms with Crippen LogP contribution in [0.4, 0.5) is 4.39 Å². The van der Waals surface area contributed by atoms with Crippen molar-refractivity contribution in [1.82, 2.24) is 24.3 Å². The Morgan fingerprint density at radius 2 is 1.82 bits per heavy atom. The fraction of sp³-hybridized carbons (Fsp3) is 0.571. The van der Waals surface area contributed by atoms with Gasteiger partial charge in [0, 0.05) is 62.5 Å². The van der Waals surface area contributed by atoms with Crippen LogP contribution in [0.5, 0.6) is 0 Å². The summed E-state index contributed by atoms with van der Waals surface area (Å²) in [6.07, 6.45) is 10.0. The molecule has 3 aliphatic rings. The Labute approximate surface area is 259 Å². The molecule has 0 radical (unpaired) electrons. The van der Waals surface area contributed by atoms with Gasteiger partial charge >= 0.3 is 0 Å². The number of carbonyl (C=O) groups excluding carboxylic acids is 2. The summed E-state index contributed by atoms with van der Waals surface area (Å²) in [5, 5.41) is 11.3. The van der Waals surface area contributed by atoms with Crippen LogP contribution in [0.2, 0.25) is 0 Å². The number of benzene rings is 1. The largest absolute Gasteiger partial charge is 0.391 e. The summed E-state index contributed by atoms with van der Waals surface area (Å²) < 4.78 is 16.6. The number of aryl methyl sites for hydroxylation is 1. The van der Waals surface area contributed by atoms with E-state index < -0.39 is 11.9 Å². The maximum atomic E-state index is 14.6. The predicted octanol–water partition coefficient (Wildman–Crippen LogP) is 4.83. The number of halogens is 1. The molecule has 44 heavy (non-hydrogen) atoms. The Hall–Kier alpha value is -3.30. The quantitative estimate of drug-likeness (QED) is 0.419. The van der Waals surface area contributed by atoms with Crippen molar-refractivity contribution < 1.29 is 19.1 Å². The molecule has 6 rings (SSSR count). The van der Waals surface area contributed by atoms with Gasteiger partial charge in [-0.2, -0.15) is 0 Å². The van der Waals surface area contributed by atoms with Gasteiger partial charge in [0.2, 0.25) is 5.91 Å². The van der Waals surface area contributed by atoms with Gasteiger partial charge < -0.3 is 24.4 Å². The molecule has 2 aromatic heterocycles. The van der Waals surface area contributed by atoms with Crippen LogP contribution >= 0.6 is 0 Å².